The number of halogens is 1. The molecule has 17 heavy (non-hydrogen) atoms. The van der Waals surface area contributed by atoms with E-state index in [0.29, 0.717) is 0 Å². The van der Waals surface area contributed by atoms with Crippen molar-refractivity contribution in [3.63, 3.8) is 0 Å². The van der Waals surface area contributed by atoms with Gasteiger partial charge in [0.05, 0.1) is 5.69 Å². The number of anilines is 3. The molecule has 0 aliphatic carbocycles. The molecular formula is C13H13IN2S. The fraction of sp³-hybridized carbons (Fsp3) is 0.0769. The van der Waals surface area contributed by atoms with Crippen LogP contribution in [0, 0.1) is 3.57 Å². The molecule has 2 rings (SSSR count). The summed E-state index contributed by atoms with van der Waals surface area (Å²) in [4.78, 5) is 1.27. The van der Waals surface area contributed by atoms with Crippen molar-refractivity contribution in [2.75, 3.05) is 17.3 Å². The van der Waals surface area contributed by atoms with E-state index in [1.165, 1.54) is 4.90 Å². The maximum atomic E-state index is 5.72. The molecule has 0 unspecified atom stereocenters. The van der Waals surface area contributed by atoms with Crippen LogP contribution in [0.15, 0.2) is 47.4 Å². The molecule has 2 aromatic carbocycles. The predicted molar refractivity (Wildman–Crippen MR) is 85.1 cm³/mol. The fourth-order valence-corrected chi connectivity index (χ4v) is 2.55. The summed E-state index contributed by atoms with van der Waals surface area (Å²) in [6, 6.07) is 14.2. The summed E-state index contributed by atoms with van der Waals surface area (Å²) in [6.45, 7) is 0. The first-order valence-corrected chi connectivity index (χ1v) is 7.45. The molecule has 0 amide bonds. The van der Waals surface area contributed by atoms with Gasteiger partial charge in [-0.25, -0.2) is 0 Å². The van der Waals surface area contributed by atoms with Crippen molar-refractivity contribution in [1.29, 1.82) is 0 Å². The smallest absolute Gasteiger partial charge is 0.0521 e. The average Bonchev–Trinajstić information content (AvgIpc) is 2.34. The molecule has 0 spiro atoms. The van der Waals surface area contributed by atoms with Gasteiger partial charge in [-0.15, -0.1) is 11.8 Å². The van der Waals surface area contributed by atoms with E-state index < -0.39 is 0 Å². The number of thioether (sulfide) groups is 1. The Morgan fingerprint density at radius 1 is 1.12 bits per heavy atom. The predicted octanol–water partition coefficient (Wildman–Crippen LogP) is 4.34. The minimum absolute atomic E-state index is 0.790. The fourth-order valence-electron chi connectivity index (χ4n) is 1.46. The minimum Gasteiger partial charge on any atom is -0.399 e. The zero-order valence-corrected chi connectivity index (χ0v) is 12.4. The van der Waals surface area contributed by atoms with Gasteiger partial charge in [0, 0.05) is 19.8 Å². The van der Waals surface area contributed by atoms with Gasteiger partial charge >= 0.3 is 0 Å². The molecule has 2 nitrogen and oxygen atoms in total. The lowest BCUT2D eigenvalue weighted by molar-refractivity contribution is 1.44. The van der Waals surface area contributed by atoms with Crippen molar-refractivity contribution < 1.29 is 0 Å². The summed E-state index contributed by atoms with van der Waals surface area (Å²) in [7, 11) is 0. The van der Waals surface area contributed by atoms with Crippen LogP contribution in [0.4, 0.5) is 17.1 Å². The highest BCUT2D eigenvalue weighted by Gasteiger charge is 2.00. The van der Waals surface area contributed by atoms with Gasteiger partial charge < -0.3 is 11.1 Å². The average molecular weight is 356 g/mol. The van der Waals surface area contributed by atoms with E-state index in [1.807, 2.05) is 18.2 Å². The molecule has 0 aromatic heterocycles. The van der Waals surface area contributed by atoms with Crippen LogP contribution in [0.3, 0.4) is 0 Å². The zero-order valence-electron chi connectivity index (χ0n) is 9.41. The zero-order chi connectivity index (χ0) is 12.3. The molecule has 3 N–H and O–H groups in total. The molecule has 0 saturated heterocycles. The van der Waals surface area contributed by atoms with Crippen LogP contribution >= 0.6 is 34.4 Å². The lowest BCUT2D eigenvalue weighted by atomic mass is 10.2. The second-order valence-corrected chi connectivity index (χ2v) is 5.63. The van der Waals surface area contributed by atoms with E-state index in [9.17, 15) is 0 Å². The van der Waals surface area contributed by atoms with Crippen LogP contribution in [-0.2, 0) is 0 Å². The third kappa shape index (κ3) is 3.29. The Labute approximate surface area is 119 Å². The monoisotopic (exact) mass is 356 g/mol. The first kappa shape index (κ1) is 12.6. The normalized spacial score (nSPS) is 10.2. The summed E-state index contributed by atoms with van der Waals surface area (Å²) >= 11 is 4.02. The quantitative estimate of drug-likeness (QED) is 0.488. The maximum absolute atomic E-state index is 5.72. The molecule has 0 aliphatic rings. The first-order valence-electron chi connectivity index (χ1n) is 5.15. The third-order valence-corrected chi connectivity index (χ3v) is 4.00. The highest BCUT2D eigenvalue weighted by molar-refractivity contribution is 14.1. The topological polar surface area (TPSA) is 38.0 Å². The molecule has 0 fully saturated rings. The van der Waals surface area contributed by atoms with Crippen molar-refractivity contribution >= 4 is 51.4 Å². The van der Waals surface area contributed by atoms with E-state index in [2.05, 4.69) is 58.4 Å². The maximum Gasteiger partial charge on any atom is 0.0521 e. The Balaban J connectivity index is 2.19. The Morgan fingerprint density at radius 3 is 2.41 bits per heavy atom. The number of hydrogen-bond donors (Lipinski definition) is 2. The van der Waals surface area contributed by atoms with Crippen molar-refractivity contribution in [3.8, 4) is 0 Å². The molecular weight excluding hydrogens is 343 g/mol. The van der Waals surface area contributed by atoms with Gasteiger partial charge in [0.2, 0.25) is 0 Å². The van der Waals surface area contributed by atoms with Crippen LogP contribution in [0.1, 0.15) is 0 Å². The number of hydrogen-bond acceptors (Lipinski definition) is 3. The van der Waals surface area contributed by atoms with E-state index in [4.69, 9.17) is 5.73 Å². The van der Waals surface area contributed by atoms with Gasteiger partial charge in [0.15, 0.2) is 0 Å². The van der Waals surface area contributed by atoms with Crippen molar-refractivity contribution in [2.24, 2.45) is 0 Å². The lowest BCUT2D eigenvalue weighted by Gasteiger charge is -2.09. The highest BCUT2D eigenvalue weighted by Crippen LogP contribution is 2.25. The molecule has 0 aliphatic heterocycles. The number of nitrogens with one attached hydrogen (secondary N) is 1. The second-order valence-electron chi connectivity index (χ2n) is 3.59. The van der Waals surface area contributed by atoms with E-state index in [1.54, 1.807) is 11.8 Å². The third-order valence-electron chi connectivity index (χ3n) is 2.36. The van der Waals surface area contributed by atoms with Gasteiger partial charge in [-0.3, -0.25) is 0 Å². The van der Waals surface area contributed by atoms with Crippen LogP contribution in [0.5, 0.6) is 0 Å². The van der Waals surface area contributed by atoms with Gasteiger partial charge in [0.1, 0.15) is 0 Å². The highest BCUT2D eigenvalue weighted by atomic mass is 127. The molecule has 0 atom stereocenters. The molecule has 0 saturated carbocycles. The van der Waals surface area contributed by atoms with Crippen LogP contribution in [0.2, 0.25) is 0 Å². The number of benzene rings is 2. The molecule has 0 bridgehead atoms. The van der Waals surface area contributed by atoms with Gasteiger partial charge in [-0.2, -0.15) is 0 Å². The number of rotatable bonds is 3. The second kappa shape index (κ2) is 5.64. The molecule has 4 heteroatoms. The van der Waals surface area contributed by atoms with Crippen molar-refractivity contribution in [2.45, 2.75) is 4.90 Å². The molecule has 2 aromatic rings. The van der Waals surface area contributed by atoms with E-state index in [-0.39, 0.29) is 0 Å². The lowest BCUT2D eigenvalue weighted by Crippen LogP contribution is -1.94. The Kier molecular flexibility index (Phi) is 4.17. The summed E-state index contributed by atoms with van der Waals surface area (Å²) in [6.07, 6.45) is 2.07. The van der Waals surface area contributed by atoms with Gasteiger partial charge in [-0.1, -0.05) is 0 Å². The van der Waals surface area contributed by atoms with Gasteiger partial charge in [0.25, 0.3) is 0 Å². The van der Waals surface area contributed by atoms with Crippen molar-refractivity contribution in [1.82, 2.24) is 0 Å². The largest absolute Gasteiger partial charge is 0.399 e. The molecule has 0 heterocycles. The Morgan fingerprint density at radius 2 is 1.82 bits per heavy atom. The minimum atomic E-state index is 0.790. The summed E-state index contributed by atoms with van der Waals surface area (Å²) in [5.74, 6) is 0. The Bertz CT molecular complexity index is 511. The molecule has 0 radical (unpaired) electrons. The van der Waals surface area contributed by atoms with Crippen molar-refractivity contribution in [3.05, 3.63) is 46.0 Å². The summed E-state index contributed by atoms with van der Waals surface area (Å²) in [5, 5.41) is 3.38. The van der Waals surface area contributed by atoms with Gasteiger partial charge in [-0.05, 0) is 71.3 Å². The van der Waals surface area contributed by atoms with E-state index in [0.717, 1.165) is 20.6 Å². The first-order chi connectivity index (χ1) is 8.19. The van der Waals surface area contributed by atoms with Crippen LogP contribution in [-0.4, -0.2) is 6.26 Å². The number of nitrogen functional groups attached to an aromatic ring is 1. The number of nitrogens with two attached hydrogens (primary N) is 1. The Hall–Kier alpha value is -0.880. The summed E-state index contributed by atoms with van der Waals surface area (Å²) < 4.78 is 1.12. The standard InChI is InChI=1S/C13H13IN2S/c1-17-11-5-3-10(4-6-11)16-13-7-2-9(15)8-12(13)14/h2-8,16H,15H2,1H3. The SMILES string of the molecule is CSc1ccc(Nc2ccc(N)cc2I)cc1. The van der Waals surface area contributed by atoms with E-state index >= 15 is 0 Å². The van der Waals surface area contributed by atoms with Crippen LogP contribution in [0.25, 0.3) is 0 Å². The molecule has 88 valence electrons. The van der Waals surface area contributed by atoms with Crippen LogP contribution < -0.4 is 11.1 Å². The summed E-state index contributed by atoms with van der Waals surface area (Å²) in [5.41, 5.74) is 8.68.